The molecule has 1 aromatic rings. The third-order valence-electron chi connectivity index (χ3n) is 4.56. The molecule has 1 aliphatic heterocycles. The summed E-state index contributed by atoms with van der Waals surface area (Å²) in [5, 5.41) is 10.8. The summed E-state index contributed by atoms with van der Waals surface area (Å²) < 4.78 is 11.8. The molecule has 0 aliphatic carbocycles. The number of phenols is 1. The zero-order valence-electron chi connectivity index (χ0n) is 16.3. The summed E-state index contributed by atoms with van der Waals surface area (Å²) >= 11 is 0. The summed E-state index contributed by atoms with van der Waals surface area (Å²) in [6.45, 7) is 16.3. The van der Waals surface area contributed by atoms with Gasteiger partial charge >= 0.3 is 0 Å². The molecule has 1 radical (unpaired) electrons. The van der Waals surface area contributed by atoms with E-state index in [2.05, 4.69) is 48.5 Å². The van der Waals surface area contributed by atoms with Gasteiger partial charge in [0.1, 0.15) is 5.75 Å². The molecule has 0 amide bonds. The number of phenolic OH excluding ortho intramolecular Hbond substituents is 1. The highest BCUT2D eigenvalue weighted by atomic mass is 16.7. The lowest BCUT2D eigenvalue weighted by molar-refractivity contribution is -0.102. The second-order valence-corrected chi connectivity index (χ2v) is 8.98. The van der Waals surface area contributed by atoms with Crippen LogP contribution in [0.5, 0.6) is 5.75 Å². The van der Waals surface area contributed by atoms with Crippen LogP contribution in [0.4, 0.5) is 0 Å². The molecule has 0 bridgehead atoms. The van der Waals surface area contributed by atoms with Crippen LogP contribution in [0.25, 0.3) is 0 Å². The first-order valence-electron chi connectivity index (χ1n) is 9.05. The van der Waals surface area contributed by atoms with Crippen LogP contribution < -0.4 is 0 Å². The lowest BCUT2D eigenvalue weighted by Crippen LogP contribution is -2.28. The first-order valence-corrected chi connectivity index (χ1v) is 9.05. The van der Waals surface area contributed by atoms with Gasteiger partial charge < -0.3 is 14.6 Å². The molecular weight excluding hydrogens is 300 g/mol. The Balaban J connectivity index is 2.37. The van der Waals surface area contributed by atoms with Gasteiger partial charge in [0.2, 0.25) is 0 Å². The number of rotatable bonds is 3. The highest BCUT2D eigenvalue weighted by Gasteiger charge is 2.31. The Bertz CT molecular complexity index is 520. The highest BCUT2D eigenvalue weighted by Crippen LogP contribution is 2.41. The maximum atomic E-state index is 10.8. The predicted molar refractivity (Wildman–Crippen MR) is 98.2 cm³/mol. The van der Waals surface area contributed by atoms with Gasteiger partial charge in [-0.25, -0.2) is 0 Å². The van der Waals surface area contributed by atoms with Crippen LogP contribution in [0.3, 0.4) is 0 Å². The predicted octanol–water partition coefficient (Wildman–Crippen LogP) is 5.29. The second kappa shape index (κ2) is 7.05. The molecule has 0 atom stereocenters. The maximum absolute atomic E-state index is 10.8. The Kier molecular flexibility index (Phi) is 5.66. The first kappa shape index (κ1) is 19.3. The third-order valence-corrected chi connectivity index (χ3v) is 4.56. The van der Waals surface area contributed by atoms with Gasteiger partial charge in [-0.3, -0.25) is 0 Å². The monoisotopic (exact) mass is 333 g/mol. The average molecular weight is 333 g/mol. The van der Waals surface area contributed by atoms with Gasteiger partial charge in [-0.1, -0.05) is 54.9 Å². The van der Waals surface area contributed by atoms with Gasteiger partial charge in [-0.2, -0.15) is 0 Å². The van der Waals surface area contributed by atoms with Crippen molar-refractivity contribution in [2.45, 2.75) is 72.1 Å². The van der Waals surface area contributed by atoms with Crippen LogP contribution >= 0.6 is 0 Å². The van der Waals surface area contributed by atoms with E-state index in [1.54, 1.807) is 0 Å². The first-order chi connectivity index (χ1) is 11.0. The Morgan fingerprint density at radius 3 is 1.79 bits per heavy atom. The summed E-state index contributed by atoms with van der Waals surface area (Å²) in [5.41, 5.74) is 2.48. The molecule has 2 rings (SSSR count). The zero-order chi connectivity index (χ0) is 18.1. The summed E-state index contributed by atoms with van der Waals surface area (Å²) in [5.74, 6) is 0.860. The van der Waals surface area contributed by atoms with Gasteiger partial charge in [-0.15, -0.1) is 0 Å². The van der Waals surface area contributed by atoms with Crippen molar-refractivity contribution in [1.29, 1.82) is 0 Å². The molecular formula is C21H33O3. The molecule has 3 nitrogen and oxygen atoms in total. The smallest absolute Gasteiger partial charge is 0.256 e. The average Bonchev–Trinajstić information content (AvgIpc) is 2.46. The van der Waals surface area contributed by atoms with Crippen molar-refractivity contribution in [2.24, 2.45) is 5.92 Å². The molecule has 1 heterocycles. The summed E-state index contributed by atoms with van der Waals surface area (Å²) in [6.07, 6.45) is 2.87. The van der Waals surface area contributed by atoms with Gasteiger partial charge in [0.15, 0.2) is 0 Å². The van der Waals surface area contributed by atoms with Crippen molar-refractivity contribution in [3.8, 4) is 5.75 Å². The van der Waals surface area contributed by atoms with Crippen molar-refractivity contribution < 1.29 is 14.6 Å². The highest BCUT2D eigenvalue weighted by molar-refractivity contribution is 5.51. The zero-order valence-corrected chi connectivity index (χ0v) is 16.3. The fourth-order valence-electron chi connectivity index (χ4n) is 3.11. The van der Waals surface area contributed by atoms with Crippen molar-refractivity contribution in [3.05, 3.63) is 35.1 Å². The van der Waals surface area contributed by atoms with E-state index < -0.39 is 0 Å². The lowest BCUT2D eigenvalue weighted by atomic mass is 9.78. The molecule has 1 N–H and O–H groups in total. The normalized spacial score (nSPS) is 18.1. The minimum atomic E-state index is -0.153. The fourth-order valence-corrected chi connectivity index (χ4v) is 3.11. The minimum Gasteiger partial charge on any atom is -0.507 e. The Morgan fingerprint density at radius 2 is 1.42 bits per heavy atom. The Morgan fingerprint density at radius 1 is 0.958 bits per heavy atom. The molecule has 24 heavy (non-hydrogen) atoms. The number of aromatic hydroxyl groups is 1. The molecule has 1 fully saturated rings. The number of hydrogen-bond donors (Lipinski definition) is 1. The van der Waals surface area contributed by atoms with E-state index in [0.717, 1.165) is 29.5 Å². The van der Waals surface area contributed by atoms with Crippen LogP contribution in [-0.4, -0.2) is 18.3 Å². The minimum absolute atomic E-state index is 0.153. The number of benzene rings is 1. The summed E-state index contributed by atoms with van der Waals surface area (Å²) in [4.78, 5) is 0. The van der Waals surface area contributed by atoms with Crippen LogP contribution in [-0.2, 0) is 20.3 Å². The van der Waals surface area contributed by atoms with E-state index in [0.29, 0.717) is 31.2 Å². The molecule has 0 unspecified atom stereocenters. The van der Waals surface area contributed by atoms with E-state index in [1.807, 2.05) is 12.1 Å². The van der Waals surface area contributed by atoms with E-state index in [9.17, 15) is 5.11 Å². The lowest BCUT2D eigenvalue weighted by Gasteiger charge is -2.32. The van der Waals surface area contributed by atoms with E-state index in [1.165, 1.54) is 0 Å². The molecule has 3 heteroatoms. The van der Waals surface area contributed by atoms with Crippen LogP contribution in [0, 0.1) is 12.2 Å². The standard InChI is InChI=1S/C21H33O3/c1-8-9-14-12-23-19(24-13-14)15-10-16(20(2,3)4)18(22)17(11-15)21(5,6)7/h10-11,14,22H,8-9,12-13H2,1-7H3. The molecule has 0 spiro atoms. The molecule has 1 saturated heterocycles. The molecule has 0 saturated carbocycles. The van der Waals surface area contributed by atoms with E-state index in [4.69, 9.17) is 9.47 Å². The summed E-state index contributed by atoms with van der Waals surface area (Å²) in [6, 6.07) is 4.03. The van der Waals surface area contributed by atoms with Crippen molar-refractivity contribution in [3.63, 3.8) is 0 Å². The summed E-state index contributed by atoms with van der Waals surface area (Å²) in [7, 11) is 0. The molecule has 1 aromatic carbocycles. The number of hydrogen-bond acceptors (Lipinski definition) is 3. The molecule has 0 aromatic heterocycles. The van der Waals surface area contributed by atoms with Crippen LogP contribution in [0.2, 0.25) is 0 Å². The van der Waals surface area contributed by atoms with Crippen LogP contribution in [0.1, 0.15) is 78.0 Å². The Hall–Kier alpha value is -1.06. The molecule has 1 aliphatic rings. The van der Waals surface area contributed by atoms with Gasteiger partial charge in [0.25, 0.3) is 6.29 Å². The quantitative estimate of drug-likeness (QED) is 0.817. The second-order valence-electron chi connectivity index (χ2n) is 8.98. The van der Waals surface area contributed by atoms with E-state index >= 15 is 0 Å². The topological polar surface area (TPSA) is 38.7 Å². The third kappa shape index (κ3) is 4.31. The fraction of sp³-hybridized carbons (Fsp3) is 0.667. The molecule has 135 valence electrons. The van der Waals surface area contributed by atoms with Gasteiger partial charge in [0, 0.05) is 11.5 Å². The van der Waals surface area contributed by atoms with E-state index in [-0.39, 0.29) is 10.8 Å². The SMILES string of the molecule is CCCC1CO[C](c2cc(C(C)(C)C)c(O)c(C(C)(C)C)c2)OC1. The largest absolute Gasteiger partial charge is 0.507 e. The Labute approximate surface area is 147 Å². The van der Waals surface area contributed by atoms with Crippen molar-refractivity contribution in [1.82, 2.24) is 0 Å². The van der Waals surface area contributed by atoms with Crippen LogP contribution in [0.15, 0.2) is 12.1 Å². The van der Waals surface area contributed by atoms with Gasteiger partial charge in [0.05, 0.1) is 13.2 Å². The number of ether oxygens (including phenoxy) is 2. The van der Waals surface area contributed by atoms with Crippen molar-refractivity contribution in [2.75, 3.05) is 13.2 Å². The van der Waals surface area contributed by atoms with Gasteiger partial charge in [-0.05, 0) is 40.5 Å². The maximum Gasteiger partial charge on any atom is 0.256 e. The van der Waals surface area contributed by atoms with Crippen molar-refractivity contribution >= 4 is 0 Å².